The molecule has 0 aliphatic rings. The van der Waals surface area contributed by atoms with Crippen molar-refractivity contribution in [1.82, 2.24) is 5.32 Å². The molecule has 0 spiro atoms. The first kappa shape index (κ1) is 14.5. The quantitative estimate of drug-likeness (QED) is 0.736. The number of hydrogen-bond acceptors (Lipinski definition) is 3. The zero-order valence-electron chi connectivity index (χ0n) is 10.3. The molecule has 1 unspecified atom stereocenters. The molecule has 1 rings (SSSR count). The Labute approximate surface area is 107 Å². The molecular weight excluding hydrogens is 237 g/mol. The molecule has 0 bridgehead atoms. The highest BCUT2D eigenvalue weighted by molar-refractivity contribution is 7.99. The van der Waals surface area contributed by atoms with Gasteiger partial charge in [-0.1, -0.05) is 26.0 Å². The van der Waals surface area contributed by atoms with Gasteiger partial charge in [-0.2, -0.15) is 0 Å². The zero-order chi connectivity index (χ0) is 12.7. The molecule has 0 aromatic heterocycles. The fraction of sp³-hybridized carbons (Fsp3) is 0.538. The molecule has 17 heavy (non-hydrogen) atoms. The van der Waals surface area contributed by atoms with Crippen LogP contribution >= 0.6 is 11.8 Å². The molecule has 2 nitrogen and oxygen atoms in total. The Bertz CT molecular complexity index is 333. The van der Waals surface area contributed by atoms with Crippen LogP contribution in [0.3, 0.4) is 0 Å². The van der Waals surface area contributed by atoms with Crippen molar-refractivity contribution in [3.05, 3.63) is 30.1 Å². The van der Waals surface area contributed by atoms with E-state index in [4.69, 9.17) is 0 Å². The third-order valence-electron chi connectivity index (χ3n) is 2.20. The lowest BCUT2D eigenvalue weighted by molar-refractivity contribution is 0.194. The first-order chi connectivity index (χ1) is 8.09. The van der Waals surface area contributed by atoms with Gasteiger partial charge < -0.3 is 10.4 Å². The Kier molecular flexibility index (Phi) is 6.55. The summed E-state index contributed by atoms with van der Waals surface area (Å²) in [6.45, 7) is 5.68. The summed E-state index contributed by atoms with van der Waals surface area (Å²) in [6.07, 6.45) is -0.446. The average Bonchev–Trinajstić information content (AvgIpc) is 2.27. The zero-order valence-corrected chi connectivity index (χ0v) is 11.1. The molecule has 96 valence electrons. The van der Waals surface area contributed by atoms with Gasteiger partial charge >= 0.3 is 0 Å². The van der Waals surface area contributed by atoms with Crippen molar-refractivity contribution in [2.24, 2.45) is 5.92 Å². The van der Waals surface area contributed by atoms with Gasteiger partial charge in [-0.15, -0.1) is 11.8 Å². The molecule has 4 heteroatoms. The van der Waals surface area contributed by atoms with Crippen molar-refractivity contribution in [3.63, 3.8) is 0 Å². The van der Waals surface area contributed by atoms with Gasteiger partial charge in [0.1, 0.15) is 5.82 Å². The summed E-state index contributed by atoms with van der Waals surface area (Å²) in [5.41, 5.74) is 0. The molecule has 0 fully saturated rings. The highest BCUT2D eigenvalue weighted by atomic mass is 32.2. The fourth-order valence-corrected chi connectivity index (χ4v) is 2.22. The first-order valence-corrected chi connectivity index (χ1v) is 6.84. The molecule has 1 atom stereocenters. The van der Waals surface area contributed by atoms with Crippen LogP contribution in [0, 0.1) is 11.7 Å². The molecule has 0 heterocycles. The summed E-state index contributed by atoms with van der Waals surface area (Å²) in [5, 5.41) is 12.9. The molecule has 0 aliphatic carbocycles. The number of rotatable bonds is 7. The highest BCUT2D eigenvalue weighted by Gasteiger charge is 2.07. The van der Waals surface area contributed by atoms with Crippen molar-refractivity contribution in [3.8, 4) is 0 Å². The molecule has 1 aromatic rings. The van der Waals surface area contributed by atoms with Gasteiger partial charge in [0.25, 0.3) is 0 Å². The fourth-order valence-electron chi connectivity index (χ4n) is 1.35. The van der Waals surface area contributed by atoms with E-state index in [2.05, 4.69) is 19.2 Å². The summed E-state index contributed by atoms with van der Waals surface area (Å²) >= 11 is 1.35. The van der Waals surface area contributed by atoms with Crippen molar-refractivity contribution in [2.45, 2.75) is 24.8 Å². The minimum absolute atomic E-state index is 0.222. The summed E-state index contributed by atoms with van der Waals surface area (Å²) in [6, 6.07) is 6.63. The number of halogens is 1. The van der Waals surface area contributed by atoms with E-state index in [9.17, 15) is 9.50 Å². The highest BCUT2D eigenvalue weighted by Crippen LogP contribution is 2.21. The minimum atomic E-state index is -0.446. The van der Waals surface area contributed by atoms with Crippen LogP contribution in [0.5, 0.6) is 0 Å². The monoisotopic (exact) mass is 257 g/mol. The third-order valence-corrected chi connectivity index (χ3v) is 3.39. The van der Waals surface area contributed by atoms with Gasteiger partial charge in [0.15, 0.2) is 0 Å². The predicted molar refractivity (Wildman–Crippen MR) is 70.8 cm³/mol. The lowest BCUT2D eigenvalue weighted by Gasteiger charge is -2.13. The number of thioether (sulfide) groups is 1. The van der Waals surface area contributed by atoms with E-state index in [1.165, 1.54) is 17.8 Å². The van der Waals surface area contributed by atoms with E-state index in [0.717, 1.165) is 6.54 Å². The van der Waals surface area contributed by atoms with Crippen molar-refractivity contribution in [1.29, 1.82) is 0 Å². The van der Waals surface area contributed by atoms with Crippen LogP contribution < -0.4 is 5.32 Å². The van der Waals surface area contributed by atoms with Crippen LogP contribution in [-0.2, 0) is 0 Å². The summed E-state index contributed by atoms with van der Waals surface area (Å²) in [7, 11) is 0. The van der Waals surface area contributed by atoms with Gasteiger partial charge in [0.2, 0.25) is 0 Å². The Hall–Kier alpha value is -0.580. The Morgan fingerprint density at radius 2 is 2.00 bits per heavy atom. The second-order valence-corrected chi connectivity index (χ2v) is 5.51. The second kappa shape index (κ2) is 7.69. The molecular formula is C13H20FNOS. The second-order valence-electron chi connectivity index (χ2n) is 4.45. The number of aliphatic hydroxyl groups is 1. The molecule has 0 amide bonds. The van der Waals surface area contributed by atoms with E-state index >= 15 is 0 Å². The Balaban J connectivity index is 2.24. The average molecular weight is 257 g/mol. The largest absolute Gasteiger partial charge is 0.391 e. The van der Waals surface area contributed by atoms with Crippen LogP contribution in [0.25, 0.3) is 0 Å². The van der Waals surface area contributed by atoms with Gasteiger partial charge in [-0.25, -0.2) is 4.39 Å². The van der Waals surface area contributed by atoms with Crippen LogP contribution in [0.2, 0.25) is 0 Å². The SMILES string of the molecule is CC(C)CNCC(O)CSc1ccccc1F. The molecule has 2 N–H and O–H groups in total. The van der Waals surface area contributed by atoms with E-state index < -0.39 is 6.10 Å². The van der Waals surface area contributed by atoms with Crippen molar-refractivity contribution >= 4 is 11.8 Å². The van der Waals surface area contributed by atoms with Crippen LogP contribution in [0.4, 0.5) is 4.39 Å². The smallest absolute Gasteiger partial charge is 0.136 e. The van der Waals surface area contributed by atoms with Gasteiger partial charge in [-0.05, 0) is 24.6 Å². The standard InChI is InChI=1S/C13H20FNOS/c1-10(2)7-15-8-11(16)9-17-13-6-4-3-5-12(13)14/h3-6,10-11,15-16H,7-9H2,1-2H3. The molecule has 0 aliphatic heterocycles. The Morgan fingerprint density at radius 3 is 2.65 bits per heavy atom. The summed E-state index contributed by atoms with van der Waals surface area (Å²) in [4.78, 5) is 0.593. The molecule has 1 aromatic carbocycles. The van der Waals surface area contributed by atoms with E-state index in [0.29, 0.717) is 23.1 Å². The maximum absolute atomic E-state index is 13.3. The number of benzene rings is 1. The Morgan fingerprint density at radius 1 is 1.29 bits per heavy atom. The van der Waals surface area contributed by atoms with Gasteiger partial charge in [0, 0.05) is 17.2 Å². The first-order valence-electron chi connectivity index (χ1n) is 5.85. The van der Waals surface area contributed by atoms with Crippen LogP contribution in [-0.4, -0.2) is 30.1 Å². The number of hydrogen-bond donors (Lipinski definition) is 2. The predicted octanol–water partition coefficient (Wildman–Crippen LogP) is 2.52. The van der Waals surface area contributed by atoms with E-state index in [-0.39, 0.29) is 5.82 Å². The lowest BCUT2D eigenvalue weighted by atomic mass is 10.2. The molecule has 0 saturated carbocycles. The van der Waals surface area contributed by atoms with Crippen molar-refractivity contribution in [2.75, 3.05) is 18.8 Å². The third kappa shape index (κ3) is 6.05. The molecule has 0 saturated heterocycles. The van der Waals surface area contributed by atoms with Crippen molar-refractivity contribution < 1.29 is 9.50 Å². The summed E-state index contributed by atoms with van der Waals surface area (Å²) < 4.78 is 13.3. The lowest BCUT2D eigenvalue weighted by Crippen LogP contribution is -2.31. The van der Waals surface area contributed by atoms with Gasteiger partial charge in [0.05, 0.1) is 6.10 Å². The van der Waals surface area contributed by atoms with Gasteiger partial charge in [-0.3, -0.25) is 0 Å². The molecule has 0 radical (unpaired) electrons. The van der Waals surface area contributed by atoms with E-state index in [1.54, 1.807) is 18.2 Å². The normalized spacial score (nSPS) is 13.0. The summed E-state index contributed by atoms with van der Waals surface area (Å²) in [5.74, 6) is 0.854. The van der Waals surface area contributed by atoms with Crippen LogP contribution in [0.1, 0.15) is 13.8 Å². The topological polar surface area (TPSA) is 32.3 Å². The maximum atomic E-state index is 13.3. The number of aliphatic hydroxyl groups excluding tert-OH is 1. The minimum Gasteiger partial charge on any atom is -0.391 e. The maximum Gasteiger partial charge on any atom is 0.136 e. The van der Waals surface area contributed by atoms with Crippen LogP contribution in [0.15, 0.2) is 29.2 Å². The number of nitrogens with one attached hydrogen (secondary N) is 1. The van der Waals surface area contributed by atoms with E-state index in [1.807, 2.05) is 0 Å².